The van der Waals surface area contributed by atoms with E-state index in [4.69, 9.17) is 0 Å². The van der Waals surface area contributed by atoms with Gasteiger partial charge >= 0.3 is 0 Å². The molecule has 0 radical (unpaired) electrons. The van der Waals surface area contributed by atoms with Crippen LogP contribution in [0.5, 0.6) is 0 Å². The van der Waals surface area contributed by atoms with Crippen LogP contribution in [0.3, 0.4) is 0 Å². The molecule has 1 aliphatic heterocycles. The second-order valence-corrected chi connectivity index (χ2v) is 5.14. The minimum absolute atomic E-state index is 0.0198. The van der Waals surface area contributed by atoms with Gasteiger partial charge in [-0.1, -0.05) is 0 Å². The van der Waals surface area contributed by atoms with Crippen LogP contribution < -0.4 is 5.32 Å². The summed E-state index contributed by atoms with van der Waals surface area (Å²) in [5.41, 5.74) is 2.92. The topological polar surface area (TPSA) is 46.9 Å². The lowest BCUT2D eigenvalue weighted by atomic mass is 10.00. The van der Waals surface area contributed by atoms with Crippen molar-refractivity contribution in [1.82, 2.24) is 14.9 Å². The average molecular weight is 306 g/mol. The lowest BCUT2D eigenvalue weighted by molar-refractivity contribution is 0.0946. The van der Waals surface area contributed by atoms with E-state index in [1.54, 1.807) is 0 Å². The third-order valence-electron chi connectivity index (χ3n) is 3.14. The first-order chi connectivity index (χ1) is 8.65. The Morgan fingerprint density at radius 3 is 3.00 bits per heavy atom. The molecule has 0 aliphatic carbocycles. The van der Waals surface area contributed by atoms with Gasteiger partial charge < -0.3 is 9.88 Å². The zero-order valence-electron chi connectivity index (χ0n) is 9.90. The number of amides is 1. The fourth-order valence-corrected chi connectivity index (χ4v) is 2.72. The average Bonchev–Trinajstić information content (AvgIpc) is 2.68. The minimum Gasteiger partial charge on any atom is -0.352 e. The smallest absolute Gasteiger partial charge is 0.251 e. The van der Waals surface area contributed by atoms with Crippen molar-refractivity contribution in [2.24, 2.45) is 0 Å². The van der Waals surface area contributed by atoms with Gasteiger partial charge in [-0.25, -0.2) is 4.98 Å². The second-order valence-electron chi connectivity index (χ2n) is 4.33. The molecule has 2 heterocycles. The normalized spacial score (nSPS) is 14.2. The number of halogens is 1. The molecule has 5 heteroatoms. The summed E-state index contributed by atoms with van der Waals surface area (Å²) in [6.45, 7) is 2.67. The predicted octanol–water partition coefficient (Wildman–Crippen LogP) is 2.23. The van der Waals surface area contributed by atoms with Crippen molar-refractivity contribution >= 4 is 21.8 Å². The van der Waals surface area contributed by atoms with Gasteiger partial charge in [-0.05, 0) is 53.0 Å². The molecule has 1 aromatic carbocycles. The maximum absolute atomic E-state index is 11.7. The molecule has 4 nitrogen and oxygen atoms in total. The maximum Gasteiger partial charge on any atom is 0.251 e. The fraction of sp³-hybridized carbons (Fsp3) is 0.231. The summed E-state index contributed by atoms with van der Waals surface area (Å²) in [5.74, 6) is 0.938. The number of aryl methyl sites for hydroxylation is 1. The number of carbonyl (C=O) groups is 1. The van der Waals surface area contributed by atoms with Gasteiger partial charge in [0.05, 0.1) is 0 Å². The van der Waals surface area contributed by atoms with E-state index in [1.807, 2.05) is 29.8 Å². The highest BCUT2D eigenvalue weighted by Gasteiger charge is 2.17. The number of carbonyl (C=O) groups excluding carboxylic acids is 1. The molecule has 0 atom stereocenters. The van der Waals surface area contributed by atoms with Crippen LogP contribution in [0.2, 0.25) is 0 Å². The van der Waals surface area contributed by atoms with Gasteiger partial charge in [0.15, 0.2) is 0 Å². The molecule has 0 saturated heterocycles. The molecule has 0 bridgehead atoms. The van der Waals surface area contributed by atoms with Crippen LogP contribution in [0.15, 0.2) is 29.0 Å². The first-order valence-electron chi connectivity index (χ1n) is 5.78. The predicted molar refractivity (Wildman–Crippen MR) is 72.0 cm³/mol. The molecule has 0 fully saturated rings. The SMILES string of the molecule is Cc1nc(Br)cn1-c1ccc2c(c1)CCNC2=O. The number of hydrogen-bond donors (Lipinski definition) is 1. The van der Waals surface area contributed by atoms with Crippen LogP contribution >= 0.6 is 15.9 Å². The molecular weight excluding hydrogens is 294 g/mol. The molecule has 0 unspecified atom stereocenters. The van der Waals surface area contributed by atoms with E-state index in [1.165, 1.54) is 0 Å². The van der Waals surface area contributed by atoms with Gasteiger partial charge in [0, 0.05) is 24.0 Å². The molecule has 18 heavy (non-hydrogen) atoms. The van der Waals surface area contributed by atoms with Crippen LogP contribution in [0.1, 0.15) is 21.7 Å². The molecule has 1 aliphatic rings. The molecule has 92 valence electrons. The fourth-order valence-electron chi connectivity index (χ4n) is 2.26. The first kappa shape index (κ1) is 11.5. The molecule has 1 N–H and O–H groups in total. The van der Waals surface area contributed by atoms with Crippen LogP contribution in [0.25, 0.3) is 5.69 Å². The lowest BCUT2D eigenvalue weighted by Crippen LogP contribution is -2.31. The van der Waals surface area contributed by atoms with Crippen molar-refractivity contribution in [2.75, 3.05) is 6.54 Å². The highest BCUT2D eigenvalue weighted by Crippen LogP contribution is 2.21. The van der Waals surface area contributed by atoms with Crippen molar-refractivity contribution in [3.05, 3.63) is 46.0 Å². The van der Waals surface area contributed by atoms with E-state index in [0.29, 0.717) is 6.54 Å². The maximum atomic E-state index is 11.7. The zero-order valence-corrected chi connectivity index (χ0v) is 11.5. The van der Waals surface area contributed by atoms with Gasteiger partial charge in [0.2, 0.25) is 0 Å². The molecular formula is C13H12BrN3O. The summed E-state index contributed by atoms with van der Waals surface area (Å²) in [6.07, 6.45) is 2.81. The van der Waals surface area contributed by atoms with Gasteiger partial charge in [-0.2, -0.15) is 0 Å². The van der Waals surface area contributed by atoms with E-state index in [0.717, 1.165) is 33.7 Å². The number of aromatic nitrogens is 2. The monoisotopic (exact) mass is 305 g/mol. The number of benzene rings is 1. The van der Waals surface area contributed by atoms with Gasteiger partial charge in [0.1, 0.15) is 10.4 Å². The summed E-state index contributed by atoms with van der Waals surface area (Å²) in [7, 11) is 0. The number of imidazole rings is 1. The van der Waals surface area contributed by atoms with E-state index >= 15 is 0 Å². The van der Waals surface area contributed by atoms with Crippen LogP contribution in [-0.2, 0) is 6.42 Å². The lowest BCUT2D eigenvalue weighted by Gasteiger charge is -2.17. The van der Waals surface area contributed by atoms with Crippen molar-refractivity contribution in [2.45, 2.75) is 13.3 Å². The molecule has 1 amide bonds. The van der Waals surface area contributed by atoms with Crippen LogP contribution in [-0.4, -0.2) is 22.0 Å². The van der Waals surface area contributed by atoms with Gasteiger partial charge in [0.25, 0.3) is 5.91 Å². The quantitative estimate of drug-likeness (QED) is 0.878. The Morgan fingerprint density at radius 1 is 1.44 bits per heavy atom. The third-order valence-corrected chi connectivity index (χ3v) is 3.53. The van der Waals surface area contributed by atoms with E-state index in [2.05, 4.69) is 32.3 Å². The summed E-state index contributed by atoms with van der Waals surface area (Å²) in [5, 5.41) is 2.85. The van der Waals surface area contributed by atoms with Crippen molar-refractivity contribution < 1.29 is 4.79 Å². The Bertz CT molecular complexity index is 633. The summed E-state index contributed by atoms with van der Waals surface area (Å²) >= 11 is 3.37. The number of fused-ring (bicyclic) bond motifs is 1. The molecule has 1 aromatic heterocycles. The molecule has 0 spiro atoms. The number of nitrogens with zero attached hydrogens (tertiary/aromatic N) is 2. The number of nitrogens with one attached hydrogen (secondary N) is 1. The molecule has 2 aromatic rings. The Labute approximate surface area is 113 Å². The first-order valence-corrected chi connectivity index (χ1v) is 6.57. The van der Waals surface area contributed by atoms with Crippen LogP contribution in [0.4, 0.5) is 0 Å². The Morgan fingerprint density at radius 2 is 2.28 bits per heavy atom. The van der Waals surface area contributed by atoms with Gasteiger partial charge in [-0.15, -0.1) is 0 Å². The number of hydrogen-bond acceptors (Lipinski definition) is 2. The molecule has 0 saturated carbocycles. The van der Waals surface area contributed by atoms with Crippen molar-refractivity contribution in [1.29, 1.82) is 0 Å². The summed E-state index contributed by atoms with van der Waals surface area (Å²) in [6, 6.07) is 5.90. The largest absolute Gasteiger partial charge is 0.352 e. The Balaban J connectivity index is 2.10. The third kappa shape index (κ3) is 1.84. The highest BCUT2D eigenvalue weighted by molar-refractivity contribution is 9.10. The summed E-state index contributed by atoms with van der Waals surface area (Å²) in [4.78, 5) is 16.0. The Hall–Kier alpha value is -1.62. The Kier molecular flexibility index (Phi) is 2.70. The zero-order chi connectivity index (χ0) is 12.7. The van der Waals surface area contributed by atoms with E-state index < -0.39 is 0 Å². The summed E-state index contributed by atoms with van der Waals surface area (Å²) < 4.78 is 2.83. The van der Waals surface area contributed by atoms with Gasteiger partial charge in [-0.3, -0.25) is 4.79 Å². The van der Waals surface area contributed by atoms with E-state index in [-0.39, 0.29) is 5.91 Å². The number of rotatable bonds is 1. The van der Waals surface area contributed by atoms with Crippen molar-refractivity contribution in [3.63, 3.8) is 0 Å². The minimum atomic E-state index is 0.0198. The molecule has 3 rings (SSSR count). The van der Waals surface area contributed by atoms with Crippen molar-refractivity contribution in [3.8, 4) is 5.69 Å². The second kappa shape index (κ2) is 4.24. The van der Waals surface area contributed by atoms with Crippen LogP contribution in [0, 0.1) is 6.92 Å². The van der Waals surface area contributed by atoms with E-state index in [9.17, 15) is 4.79 Å². The standard InChI is InChI=1S/C13H12BrN3O/c1-8-16-12(14)7-17(8)10-2-3-11-9(6-10)4-5-15-13(11)18/h2-3,6-7H,4-5H2,1H3,(H,15,18). The highest BCUT2D eigenvalue weighted by atomic mass is 79.9.